The van der Waals surface area contributed by atoms with Crippen LogP contribution in [-0.4, -0.2) is 79.9 Å². The summed E-state index contributed by atoms with van der Waals surface area (Å²) in [5, 5.41) is 6.24. The SMILES string of the molecule is CC(=O)Nc1cc(C(=O)N2CCCNCC2)ccc1N1CCCN(C(=O)Cc2ccccc2)CC1. The summed E-state index contributed by atoms with van der Waals surface area (Å²) < 4.78 is 0. The summed E-state index contributed by atoms with van der Waals surface area (Å²) in [4.78, 5) is 44.0. The minimum atomic E-state index is -0.177. The molecule has 0 atom stereocenters. The zero-order chi connectivity index (χ0) is 24.6. The van der Waals surface area contributed by atoms with E-state index < -0.39 is 0 Å². The number of rotatable bonds is 5. The average Bonchev–Trinajstić information content (AvgIpc) is 3.27. The number of hydrogen-bond donors (Lipinski definition) is 2. The summed E-state index contributed by atoms with van der Waals surface area (Å²) in [5.41, 5.74) is 3.12. The Labute approximate surface area is 207 Å². The van der Waals surface area contributed by atoms with E-state index in [0.29, 0.717) is 43.9 Å². The Morgan fingerprint density at radius 3 is 2.46 bits per heavy atom. The summed E-state index contributed by atoms with van der Waals surface area (Å²) in [5.74, 6) is -0.0577. The lowest BCUT2D eigenvalue weighted by atomic mass is 10.1. The van der Waals surface area contributed by atoms with Gasteiger partial charge in [-0.05, 0) is 43.1 Å². The van der Waals surface area contributed by atoms with Crippen LogP contribution in [0.4, 0.5) is 11.4 Å². The van der Waals surface area contributed by atoms with Crippen molar-refractivity contribution in [2.45, 2.75) is 26.2 Å². The molecule has 2 aliphatic heterocycles. The number of carbonyl (C=O) groups excluding carboxylic acids is 3. The standard InChI is InChI=1S/C27H35N5O3/c1-21(33)29-24-20-23(27(35)32-13-5-11-28-12-16-32)9-10-25(24)30-14-6-15-31(18-17-30)26(34)19-22-7-3-2-4-8-22/h2-4,7-10,20,28H,5-6,11-19H2,1H3,(H,29,33). The van der Waals surface area contributed by atoms with Crippen LogP contribution in [0.25, 0.3) is 0 Å². The van der Waals surface area contributed by atoms with Crippen molar-refractivity contribution < 1.29 is 14.4 Å². The molecule has 0 spiro atoms. The second-order valence-electron chi connectivity index (χ2n) is 9.19. The number of nitrogens with one attached hydrogen (secondary N) is 2. The molecule has 0 saturated carbocycles. The van der Waals surface area contributed by atoms with Gasteiger partial charge in [-0.15, -0.1) is 0 Å². The molecule has 0 unspecified atom stereocenters. The summed E-state index contributed by atoms with van der Waals surface area (Å²) in [6.07, 6.45) is 2.16. The molecule has 0 radical (unpaired) electrons. The van der Waals surface area contributed by atoms with Crippen LogP contribution in [0.1, 0.15) is 35.7 Å². The number of benzene rings is 2. The maximum Gasteiger partial charge on any atom is 0.253 e. The van der Waals surface area contributed by atoms with E-state index in [1.807, 2.05) is 52.3 Å². The van der Waals surface area contributed by atoms with E-state index in [1.54, 1.807) is 6.07 Å². The zero-order valence-electron chi connectivity index (χ0n) is 20.5. The Balaban J connectivity index is 1.47. The van der Waals surface area contributed by atoms with Gasteiger partial charge in [-0.2, -0.15) is 0 Å². The third kappa shape index (κ3) is 6.60. The third-order valence-electron chi connectivity index (χ3n) is 6.57. The molecule has 8 nitrogen and oxygen atoms in total. The molecular weight excluding hydrogens is 442 g/mol. The van der Waals surface area contributed by atoms with E-state index in [1.165, 1.54) is 6.92 Å². The fourth-order valence-corrected chi connectivity index (χ4v) is 4.76. The van der Waals surface area contributed by atoms with Crippen molar-refractivity contribution in [3.63, 3.8) is 0 Å². The predicted molar refractivity (Wildman–Crippen MR) is 138 cm³/mol. The topological polar surface area (TPSA) is 85.0 Å². The second kappa shape index (κ2) is 11.8. The largest absolute Gasteiger partial charge is 0.368 e. The van der Waals surface area contributed by atoms with E-state index in [-0.39, 0.29) is 17.7 Å². The lowest BCUT2D eigenvalue weighted by molar-refractivity contribution is -0.130. The molecule has 0 aromatic heterocycles. The first-order valence-electron chi connectivity index (χ1n) is 12.5. The molecule has 0 aliphatic carbocycles. The molecule has 35 heavy (non-hydrogen) atoms. The van der Waals surface area contributed by atoms with Crippen molar-refractivity contribution in [3.05, 3.63) is 59.7 Å². The fraction of sp³-hybridized carbons (Fsp3) is 0.444. The van der Waals surface area contributed by atoms with Crippen molar-refractivity contribution in [3.8, 4) is 0 Å². The lowest BCUT2D eigenvalue weighted by Gasteiger charge is -2.27. The quantitative estimate of drug-likeness (QED) is 0.691. The van der Waals surface area contributed by atoms with Crippen molar-refractivity contribution in [2.24, 2.45) is 0 Å². The van der Waals surface area contributed by atoms with Gasteiger partial charge in [0.2, 0.25) is 11.8 Å². The van der Waals surface area contributed by atoms with Crippen LogP contribution in [0.5, 0.6) is 0 Å². The van der Waals surface area contributed by atoms with Crippen LogP contribution in [0.3, 0.4) is 0 Å². The molecule has 2 aromatic rings. The van der Waals surface area contributed by atoms with Crippen LogP contribution >= 0.6 is 0 Å². The van der Waals surface area contributed by atoms with Crippen molar-refractivity contribution >= 4 is 29.1 Å². The monoisotopic (exact) mass is 477 g/mol. The number of amides is 3. The smallest absolute Gasteiger partial charge is 0.253 e. The van der Waals surface area contributed by atoms with Crippen LogP contribution < -0.4 is 15.5 Å². The van der Waals surface area contributed by atoms with Crippen LogP contribution in [0.15, 0.2) is 48.5 Å². The Morgan fingerprint density at radius 2 is 1.66 bits per heavy atom. The first kappa shape index (κ1) is 24.7. The molecule has 2 fully saturated rings. The molecule has 8 heteroatoms. The number of anilines is 2. The lowest BCUT2D eigenvalue weighted by Crippen LogP contribution is -2.36. The molecule has 2 aromatic carbocycles. The number of carbonyl (C=O) groups is 3. The minimum absolute atomic E-state index is 0.0135. The molecule has 2 N–H and O–H groups in total. The highest BCUT2D eigenvalue weighted by molar-refractivity contribution is 5.99. The number of hydrogen-bond acceptors (Lipinski definition) is 5. The maximum absolute atomic E-state index is 13.1. The molecule has 2 heterocycles. The summed E-state index contributed by atoms with van der Waals surface area (Å²) in [6, 6.07) is 15.4. The summed E-state index contributed by atoms with van der Waals surface area (Å²) >= 11 is 0. The Hall–Kier alpha value is -3.39. The van der Waals surface area contributed by atoms with Gasteiger partial charge in [-0.25, -0.2) is 0 Å². The zero-order valence-corrected chi connectivity index (χ0v) is 20.5. The molecule has 4 rings (SSSR count). The minimum Gasteiger partial charge on any atom is -0.368 e. The van der Waals surface area contributed by atoms with E-state index >= 15 is 0 Å². The van der Waals surface area contributed by atoms with Gasteiger partial charge >= 0.3 is 0 Å². The first-order valence-corrected chi connectivity index (χ1v) is 12.5. The molecule has 3 amide bonds. The van der Waals surface area contributed by atoms with Crippen molar-refractivity contribution in [1.29, 1.82) is 0 Å². The van der Waals surface area contributed by atoms with Gasteiger partial charge in [-0.1, -0.05) is 30.3 Å². The molecular formula is C27H35N5O3. The fourth-order valence-electron chi connectivity index (χ4n) is 4.76. The molecule has 2 aliphatic rings. The third-order valence-corrected chi connectivity index (χ3v) is 6.57. The van der Waals surface area contributed by atoms with Gasteiger partial charge in [0.25, 0.3) is 5.91 Å². The highest BCUT2D eigenvalue weighted by atomic mass is 16.2. The normalized spacial score (nSPS) is 16.9. The van der Waals surface area contributed by atoms with Gasteiger partial charge in [-0.3, -0.25) is 14.4 Å². The summed E-state index contributed by atoms with van der Waals surface area (Å²) in [7, 11) is 0. The van der Waals surface area contributed by atoms with Gasteiger partial charge in [0.05, 0.1) is 17.8 Å². The second-order valence-corrected chi connectivity index (χ2v) is 9.19. The Kier molecular flexibility index (Phi) is 8.36. The number of nitrogens with zero attached hydrogens (tertiary/aromatic N) is 3. The van der Waals surface area contributed by atoms with E-state index in [0.717, 1.165) is 50.3 Å². The van der Waals surface area contributed by atoms with Gasteiger partial charge in [0.1, 0.15) is 0 Å². The van der Waals surface area contributed by atoms with E-state index in [2.05, 4.69) is 15.5 Å². The van der Waals surface area contributed by atoms with Gasteiger partial charge in [0, 0.05) is 58.3 Å². The highest BCUT2D eigenvalue weighted by Crippen LogP contribution is 2.29. The van der Waals surface area contributed by atoms with Gasteiger partial charge < -0.3 is 25.3 Å². The average molecular weight is 478 g/mol. The van der Waals surface area contributed by atoms with Crippen LogP contribution in [-0.2, 0) is 16.0 Å². The molecule has 0 bridgehead atoms. The maximum atomic E-state index is 13.1. The van der Waals surface area contributed by atoms with Crippen molar-refractivity contribution in [2.75, 3.05) is 62.6 Å². The van der Waals surface area contributed by atoms with Crippen molar-refractivity contribution in [1.82, 2.24) is 15.1 Å². The highest BCUT2D eigenvalue weighted by Gasteiger charge is 2.23. The van der Waals surface area contributed by atoms with Gasteiger partial charge in [0.15, 0.2) is 0 Å². The van der Waals surface area contributed by atoms with Crippen LogP contribution in [0, 0.1) is 0 Å². The predicted octanol–water partition coefficient (Wildman–Crippen LogP) is 2.36. The van der Waals surface area contributed by atoms with E-state index in [4.69, 9.17) is 0 Å². The Bertz CT molecular complexity index is 1030. The molecule has 186 valence electrons. The summed E-state index contributed by atoms with van der Waals surface area (Å²) in [6.45, 7) is 7.34. The van der Waals surface area contributed by atoms with Crippen LogP contribution in [0.2, 0.25) is 0 Å². The Morgan fingerprint density at radius 1 is 0.857 bits per heavy atom. The first-order chi connectivity index (χ1) is 17.0. The molecule has 2 saturated heterocycles. The van der Waals surface area contributed by atoms with E-state index in [9.17, 15) is 14.4 Å².